The number of fused-ring (bicyclic) bond motifs is 3. The number of hydrogen-bond acceptors (Lipinski definition) is 3. The highest BCUT2D eigenvalue weighted by molar-refractivity contribution is 7.93. The minimum absolute atomic E-state index is 0.0434. The van der Waals surface area contributed by atoms with Crippen LogP contribution in [-0.2, 0) is 27.5 Å². The first kappa shape index (κ1) is 19.2. The van der Waals surface area contributed by atoms with Crippen molar-refractivity contribution in [1.82, 2.24) is 4.98 Å². The first-order valence-corrected chi connectivity index (χ1v) is 10.6. The summed E-state index contributed by atoms with van der Waals surface area (Å²) in [6.45, 7) is 0. The fourth-order valence-electron chi connectivity index (χ4n) is 3.83. The average molecular weight is 442 g/mol. The topological polar surface area (TPSA) is 87.2 Å². The second kappa shape index (κ2) is 6.47. The highest BCUT2D eigenvalue weighted by Crippen LogP contribution is 2.44. The standard InChI is InChI=1S/C19H14Cl2FNO4S/c20-11-2-1-3-13(8-11)28(26,27)19(22,18(24)25)10-6-14-15-9-12(21)4-5-16(15)23-17(14)7-10/h1-5,8-10,23H,6-7H2,(H,24,25). The summed E-state index contributed by atoms with van der Waals surface area (Å²) in [5.74, 6) is -3.33. The van der Waals surface area contributed by atoms with Gasteiger partial charge in [-0.2, -0.15) is 0 Å². The van der Waals surface area contributed by atoms with Crippen LogP contribution in [0.25, 0.3) is 10.9 Å². The van der Waals surface area contributed by atoms with Crippen LogP contribution in [0.5, 0.6) is 0 Å². The Morgan fingerprint density at radius 2 is 1.86 bits per heavy atom. The highest BCUT2D eigenvalue weighted by Gasteiger charge is 2.60. The van der Waals surface area contributed by atoms with Crippen LogP contribution in [0, 0.1) is 5.92 Å². The van der Waals surface area contributed by atoms with Crippen LogP contribution in [0.15, 0.2) is 47.4 Å². The lowest BCUT2D eigenvalue weighted by Gasteiger charge is -2.27. The summed E-state index contributed by atoms with van der Waals surface area (Å²) in [5, 5.41) is 7.41. The molecule has 4 rings (SSSR count). The Bertz CT molecular complexity index is 1220. The van der Waals surface area contributed by atoms with Gasteiger partial charge in [0.15, 0.2) is 0 Å². The number of alkyl halides is 1. The molecule has 3 aromatic rings. The number of sulfone groups is 1. The molecule has 1 heterocycles. The van der Waals surface area contributed by atoms with Gasteiger partial charge in [0.2, 0.25) is 9.84 Å². The third-order valence-corrected chi connectivity index (χ3v) is 7.81. The molecule has 2 unspecified atom stereocenters. The molecule has 0 bridgehead atoms. The molecule has 5 nitrogen and oxygen atoms in total. The van der Waals surface area contributed by atoms with Crippen molar-refractivity contribution in [2.75, 3.05) is 0 Å². The summed E-state index contributed by atoms with van der Waals surface area (Å²) in [7, 11) is -4.85. The van der Waals surface area contributed by atoms with Gasteiger partial charge in [-0.1, -0.05) is 29.3 Å². The lowest BCUT2D eigenvalue weighted by Crippen LogP contribution is -2.49. The van der Waals surface area contributed by atoms with E-state index < -0.39 is 31.6 Å². The molecule has 1 aliphatic rings. The number of aromatic nitrogens is 1. The summed E-state index contributed by atoms with van der Waals surface area (Å²) in [5.41, 5.74) is 2.09. The molecular weight excluding hydrogens is 428 g/mol. The number of aromatic amines is 1. The molecule has 0 spiro atoms. The number of carboxylic acids is 1. The summed E-state index contributed by atoms with van der Waals surface area (Å²) in [6.07, 6.45) is -0.0947. The summed E-state index contributed by atoms with van der Waals surface area (Å²) in [4.78, 5) is 14.5. The lowest BCUT2D eigenvalue weighted by atomic mass is 9.99. The Balaban J connectivity index is 1.80. The molecule has 0 amide bonds. The molecule has 28 heavy (non-hydrogen) atoms. The monoisotopic (exact) mass is 441 g/mol. The number of H-pyrrole nitrogens is 1. The second-order valence-corrected chi connectivity index (χ2v) is 9.73. The zero-order valence-corrected chi connectivity index (χ0v) is 16.6. The number of benzene rings is 2. The lowest BCUT2D eigenvalue weighted by molar-refractivity contribution is -0.147. The molecule has 2 aromatic carbocycles. The van der Waals surface area contributed by atoms with Crippen molar-refractivity contribution >= 4 is 49.9 Å². The van der Waals surface area contributed by atoms with Crippen molar-refractivity contribution in [3.8, 4) is 0 Å². The van der Waals surface area contributed by atoms with E-state index in [4.69, 9.17) is 23.2 Å². The zero-order valence-electron chi connectivity index (χ0n) is 14.2. The van der Waals surface area contributed by atoms with Crippen LogP contribution < -0.4 is 0 Å². The summed E-state index contributed by atoms with van der Waals surface area (Å²) in [6, 6.07) is 10.1. The maximum Gasteiger partial charge on any atom is 0.358 e. The molecule has 1 aromatic heterocycles. The van der Waals surface area contributed by atoms with Gasteiger partial charge >= 0.3 is 11.0 Å². The van der Waals surface area contributed by atoms with Crippen LogP contribution in [0.3, 0.4) is 0 Å². The first-order chi connectivity index (χ1) is 13.1. The molecule has 0 radical (unpaired) electrons. The van der Waals surface area contributed by atoms with E-state index in [1.165, 1.54) is 12.1 Å². The van der Waals surface area contributed by atoms with Crippen LogP contribution in [0.2, 0.25) is 10.0 Å². The highest BCUT2D eigenvalue weighted by atomic mass is 35.5. The van der Waals surface area contributed by atoms with Crippen molar-refractivity contribution in [1.29, 1.82) is 0 Å². The molecule has 0 aliphatic heterocycles. The van der Waals surface area contributed by atoms with E-state index in [2.05, 4.69) is 4.98 Å². The summed E-state index contributed by atoms with van der Waals surface area (Å²) < 4.78 is 41.8. The Morgan fingerprint density at radius 3 is 2.54 bits per heavy atom. The van der Waals surface area contributed by atoms with E-state index in [1.54, 1.807) is 18.2 Å². The van der Waals surface area contributed by atoms with Crippen LogP contribution in [-0.4, -0.2) is 29.5 Å². The van der Waals surface area contributed by atoms with Crippen LogP contribution in [0.1, 0.15) is 11.3 Å². The van der Waals surface area contributed by atoms with Gasteiger partial charge in [-0.3, -0.25) is 0 Å². The Kier molecular flexibility index (Phi) is 4.45. The van der Waals surface area contributed by atoms with E-state index >= 15 is 4.39 Å². The molecule has 0 saturated heterocycles. The largest absolute Gasteiger partial charge is 0.478 e. The fraction of sp³-hybridized carbons (Fsp3) is 0.211. The van der Waals surface area contributed by atoms with Gasteiger partial charge in [-0.05, 0) is 54.8 Å². The van der Waals surface area contributed by atoms with Crippen molar-refractivity contribution in [3.05, 3.63) is 63.8 Å². The van der Waals surface area contributed by atoms with E-state index in [1.807, 2.05) is 0 Å². The van der Waals surface area contributed by atoms with Gasteiger partial charge in [-0.25, -0.2) is 17.6 Å². The van der Waals surface area contributed by atoms with Crippen molar-refractivity contribution in [3.63, 3.8) is 0 Å². The molecule has 2 N–H and O–H groups in total. The Morgan fingerprint density at radius 1 is 1.14 bits per heavy atom. The number of rotatable bonds is 4. The van der Waals surface area contributed by atoms with Crippen molar-refractivity contribution < 1.29 is 22.7 Å². The van der Waals surface area contributed by atoms with Crippen molar-refractivity contribution in [2.24, 2.45) is 5.92 Å². The first-order valence-electron chi connectivity index (χ1n) is 8.36. The molecule has 1 aliphatic carbocycles. The summed E-state index contributed by atoms with van der Waals surface area (Å²) >= 11 is 11.9. The molecular formula is C19H14Cl2FNO4S. The SMILES string of the molecule is O=C(O)C(F)(C1Cc2[nH]c3ccc(Cl)cc3c2C1)S(=O)(=O)c1cccc(Cl)c1. The quantitative estimate of drug-likeness (QED) is 0.627. The molecule has 146 valence electrons. The van der Waals surface area contributed by atoms with Crippen LogP contribution in [0.4, 0.5) is 4.39 Å². The third kappa shape index (κ3) is 2.72. The predicted octanol–water partition coefficient (Wildman–Crippen LogP) is 4.41. The van der Waals surface area contributed by atoms with E-state index in [9.17, 15) is 18.3 Å². The van der Waals surface area contributed by atoms with Gasteiger partial charge in [-0.15, -0.1) is 0 Å². The van der Waals surface area contributed by atoms with E-state index in [-0.39, 0.29) is 17.9 Å². The maximum absolute atomic E-state index is 15.9. The van der Waals surface area contributed by atoms with Gasteiger partial charge in [0, 0.05) is 32.6 Å². The van der Waals surface area contributed by atoms with Gasteiger partial charge in [0.1, 0.15) is 0 Å². The van der Waals surface area contributed by atoms with Gasteiger partial charge < -0.3 is 10.1 Å². The third-order valence-electron chi connectivity index (χ3n) is 5.17. The Labute approximate surface area is 170 Å². The zero-order chi connectivity index (χ0) is 20.3. The minimum Gasteiger partial charge on any atom is -0.478 e. The molecule has 0 fully saturated rings. The molecule has 9 heteroatoms. The molecule has 0 saturated carbocycles. The number of nitrogens with one attached hydrogen (secondary N) is 1. The molecule has 2 atom stereocenters. The van der Waals surface area contributed by atoms with Crippen LogP contribution >= 0.6 is 23.2 Å². The number of aliphatic carboxylic acids is 1. The minimum atomic E-state index is -4.85. The average Bonchev–Trinajstić information content (AvgIpc) is 3.19. The van der Waals surface area contributed by atoms with Crippen molar-refractivity contribution in [2.45, 2.75) is 22.7 Å². The number of carboxylic acid groups (broad SMARTS) is 1. The Hall–Kier alpha value is -2.09. The van der Waals surface area contributed by atoms with E-state index in [0.717, 1.165) is 23.0 Å². The second-order valence-electron chi connectivity index (χ2n) is 6.79. The van der Waals surface area contributed by atoms with E-state index in [0.29, 0.717) is 16.3 Å². The fourth-order valence-corrected chi connectivity index (χ4v) is 5.97. The van der Waals surface area contributed by atoms with Gasteiger partial charge in [0.05, 0.1) is 4.90 Å². The number of hydrogen-bond donors (Lipinski definition) is 2. The maximum atomic E-state index is 15.9. The number of halogens is 3. The smallest absolute Gasteiger partial charge is 0.358 e. The number of carbonyl (C=O) groups is 1. The predicted molar refractivity (Wildman–Crippen MR) is 104 cm³/mol. The normalized spacial score (nSPS) is 18.8. The van der Waals surface area contributed by atoms with Gasteiger partial charge in [0.25, 0.3) is 0 Å².